The number of hydrogen-bond donors (Lipinski definition) is 2. The summed E-state index contributed by atoms with van der Waals surface area (Å²) in [7, 11) is 0. The number of aromatic nitrogens is 1. The second kappa shape index (κ2) is 8.33. The number of nitrogens with zero attached hydrogens (tertiary/aromatic N) is 1. The Morgan fingerprint density at radius 1 is 1.39 bits per heavy atom. The second-order valence-electron chi connectivity index (χ2n) is 7.73. The van der Waals surface area contributed by atoms with Crippen molar-refractivity contribution in [2.24, 2.45) is 5.92 Å². The lowest BCUT2D eigenvalue weighted by Gasteiger charge is -2.37. The molecule has 2 heterocycles. The maximum Gasteiger partial charge on any atom is 0.390 e. The van der Waals surface area contributed by atoms with E-state index in [2.05, 4.69) is 24.1 Å². The molecular formula is C20H25ClF3N3O. The number of hydrogen-bond acceptors (Lipinski definition) is 2. The molecule has 28 heavy (non-hydrogen) atoms. The molecule has 4 nitrogen and oxygen atoms in total. The van der Waals surface area contributed by atoms with E-state index in [-0.39, 0.29) is 25.0 Å². The third kappa shape index (κ3) is 4.81. The Bertz CT molecular complexity index is 847. The fraction of sp³-hybridized carbons (Fsp3) is 0.550. The largest absolute Gasteiger partial charge is 0.390 e. The number of rotatable bonds is 6. The predicted octanol–water partition coefficient (Wildman–Crippen LogP) is 4.84. The second-order valence-corrected chi connectivity index (χ2v) is 8.17. The van der Waals surface area contributed by atoms with Crippen molar-refractivity contribution in [2.75, 3.05) is 19.6 Å². The summed E-state index contributed by atoms with van der Waals surface area (Å²) in [6.07, 6.45) is -3.69. The molecule has 2 N–H and O–H groups in total. The summed E-state index contributed by atoms with van der Waals surface area (Å²) in [4.78, 5) is 18.0. The van der Waals surface area contributed by atoms with Crippen molar-refractivity contribution in [1.29, 1.82) is 0 Å². The fourth-order valence-electron chi connectivity index (χ4n) is 3.86. The van der Waals surface area contributed by atoms with Gasteiger partial charge in [-0.3, -0.25) is 4.79 Å². The van der Waals surface area contributed by atoms with Gasteiger partial charge in [0.15, 0.2) is 0 Å². The molecular weight excluding hydrogens is 391 g/mol. The van der Waals surface area contributed by atoms with Gasteiger partial charge in [0.2, 0.25) is 5.91 Å². The number of halogens is 4. The van der Waals surface area contributed by atoms with E-state index >= 15 is 0 Å². The first-order valence-corrected chi connectivity index (χ1v) is 9.90. The van der Waals surface area contributed by atoms with Crippen LogP contribution in [0.5, 0.6) is 0 Å². The minimum Gasteiger partial charge on any atom is -0.356 e. The van der Waals surface area contributed by atoms with Gasteiger partial charge >= 0.3 is 6.18 Å². The predicted molar refractivity (Wildman–Crippen MR) is 104 cm³/mol. The Morgan fingerprint density at radius 3 is 2.82 bits per heavy atom. The zero-order chi connectivity index (χ0) is 20.5. The molecule has 1 amide bonds. The van der Waals surface area contributed by atoms with Gasteiger partial charge in [0.1, 0.15) is 0 Å². The highest BCUT2D eigenvalue weighted by atomic mass is 35.5. The molecule has 1 aromatic carbocycles. The summed E-state index contributed by atoms with van der Waals surface area (Å²) in [6.45, 7) is 4.39. The monoisotopic (exact) mass is 415 g/mol. The zero-order valence-electron chi connectivity index (χ0n) is 16.0. The Kier molecular flexibility index (Phi) is 6.25. The number of fused-ring (bicyclic) bond motifs is 3. The molecule has 0 aliphatic carbocycles. The average molecular weight is 416 g/mol. The molecule has 2 aromatic rings. The van der Waals surface area contributed by atoms with Crippen LogP contribution < -0.4 is 5.32 Å². The Morgan fingerprint density at radius 2 is 2.14 bits per heavy atom. The van der Waals surface area contributed by atoms with E-state index in [9.17, 15) is 18.0 Å². The number of carbonyl (C=O) groups excluding carboxylic acids is 1. The van der Waals surface area contributed by atoms with Crippen LogP contribution in [-0.2, 0) is 11.2 Å². The number of aromatic amines is 1. The normalized spacial score (nSPS) is 17.4. The Balaban J connectivity index is 1.79. The van der Waals surface area contributed by atoms with Gasteiger partial charge < -0.3 is 15.2 Å². The number of carbonyl (C=O) groups is 1. The van der Waals surface area contributed by atoms with Gasteiger partial charge in [-0.05, 0) is 42.5 Å². The highest BCUT2D eigenvalue weighted by Crippen LogP contribution is 2.38. The van der Waals surface area contributed by atoms with Gasteiger partial charge in [0.05, 0.1) is 19.0 Å². The smallest absolute Gasteiger partial charge is 0.356 e. The number of H-pyrrole nitrogens is 1. The van der Waals surface area contributed by atoms with Crippen LogP contribution in [-0.4, -0.2) is 41.6 Å². The molecule has 0 bridgehead atoms. The van der Waals surface area contributed by atoms with Crippen LogP contribution in [0.2, 0.25) is 5.02 Å². The average Bonchev–Trinajstić information content (AvgIpc) is 2.96. The number of benzene rings is 1. The van der Waals surface area contributed by atoms with Crippen molar-refractivity contribution in [3.05, 3.63) is 34.5 Å². The maximum atomic E-state index is 12.7. The number of nitrogens with one attached hydrogen (secondary N) is 2. The molecule has 1 atom stereocenters. The molecule has 0 saturated carbocycles. The van der Waals surface area contributed by atoms with Crippen LogP contribution >= 0.6 is 11.6 Å². The van der Waals surface area contributed by atoms with Gasteiger partial charge in [-0.1, -0.05) is 25.4 Å². The quantitative estimate of drug-likeness (QED) is 0.663. The number of amides is 1. The van der Waals surface area contributed by atoms with E-state index in [1.165, 1.54) is 5.56 Å². The molecule has 1 aromatic heterocycles. The van der Waals surface area contributed by atoms with Crippen LogP contribution in [0.1, 0.15) is 44.0 Å². The van der Waals surface area contributed by atoms with Gasteiger partial charge in [-0.25, -0.2) is 0 Å². The molecule has 1 aliphatic rings. The first kappa shape index (κ1) is 21.0. The summed E-state index contributed by atoms with van der Waals surface area (Å²) in [6, 6.07) is 5.59. The molecule has 0 unspecified atom stereocenters. The standard InChI is InChI=1S/C20H25ClF3N3O/c1-12(2)9-17-19-14(15-10-13(21)3-4-16(15)26-19)5-8-27(17)18(28)11-25-7-6-20(22,23)24/h3-4,10,12,17,25-26H,5-9,11H2,1-2H3/t17-/m0/s1. The molecule has 3 rings (SSSR count). The summed E-state index contributed by atoms with van der Waals surface area (Å²) >= 11 is 6.15. The lowest BCUT2D eigenvalue weighted by Crippen LogP contribution is -2.45. The first-order chi connectivity index (χ1) is 13.2. The molecule has 0 fully saturated rings. The summed E-state index contributed by atoms with van der Waals surface area (Å²) in [5.74, 6) is 0.189. The van der Waals surface area contributed by atoms with Crippen molar-refractivity contribution < 1.29 is 18.0 Å². The molecule has 8 heteroatoms. The molecule has 1 aliphatic heterocycles. The highest BCUT2D eigenvalue weighted by molar-refractivity contribution is 6.31. The lowest BCUT2D eigenvalue weighted by atomic mass is 9.91. The van der Waals surface area contributed by atoms with Crippen LogP contribution in [0.4, 0.5) is 13.2 Å². The minimum atomic E-state index is -4.22. The van der Waals surface area contributed by atoms with Crippen LogP contribution in [0.3, 0.4) is 0 Å². The summed E-state index contributed by atoms with van der Waals surface area (Å²) in [5.41, 5.74) is 3.18. The molecule has 0 radical (unpaired) electrons. The summed E-state index contributed by atoms with van der Waals surface area (Å²) in [5, 5.41) is 4.38. The van der Waals surface area contributed by atoms with Gasteiger partial charge in [-0.2, -0.15) is 13.2 Å². The Labute approximate surface area is 167 Å². The topological polar surface area (TPSA) is 48.1 Å². The van der Waals surface area contributed by atoms with Crippen molar-refractivity contribution in [1.82, 2.24) is 15.2 Å². The van der Waals surface area contributed by atoms with Crippen LogP contribution in [0.15, 0.2) is 18.2 Å². The van der Waals surface area contributed by atoms with E-state index in [0.29, 0.717) is 23.9 Å². The van der Waals surface area contributed by atoms with Gasteiger partial charge in [-0.15, -0.1) is 0 Å². The SMILES string of the molecule is CC(C)C[C@H]1c2[nH]c3ccc(Cl)cc3c2CCN1C(=O)CNCCC(F)(F)F. The van der Waals surface area contributed by atoms with Crippen LogP contribution in [0.25, 0.3) is 10.9 Å². The third-order valence-corrected chi connectivity index (χ3v) is 5.32. The lowest BCUT2D eigenvalue weighted by molar-refractivity contribution is -0.137. The van der Waals surface area contributed by atoms with E-state index in [0.717, 1.165) is 23.0 Å². The van der Waals surface area contributed by atoms with Crippen molar-refractivity contribution in [3.8, 4) is 0 Å². The van der Waals surface area contributed by atoms with Crippen LogP contribution in [0, 0.1) is 5.92 Å². The van der Waals surface area contributed by atoms with Crippen molar-refractivity contribution in [2.45, 2.75) is 45.3 Å². The van der Waals surface area contributed by atoms with Crippen molar-refractivity contribution >= 4 is 28.4 Å². The van der Waals surface area contributed by atoms with Crippen molar-refractivity contribution in [3.63, 3.8) is 0 Å². The van der Waals surface area contributed by atoms with Gasteiger partial charge in [0.25, 0.3) is 0 Å². The minimum absolute atomic E-state index is 0.0912. The third-order valence-electron chi connectivity index (χ3n) is 5.09. The van der Waals surface area contributed by atoms with Gasteiger partial charge in [0, 0.05) is 34.7 Å². The highest BCUT2D eigenvalue weighted by Gasteiger charge is 2.33. The molecule has 0 saturated heterocycles. The number of alkyl halides is 3. The Hall–Kier alpha value is -1.73. The molecule has 154 valence electrons. The molecule has 0 spiro atoms. The van der Waals surface area contributed by atoms with E-state index in [1.807, 2.05) is 18.2 Å². The maximum absolute atomic E-state index is 12.7. The van der Waals surface area contributed by atoms with E-state index in [4.69, 9.17) is 11.6 Å². The van der Waals surface area contributed by atoms with E-state index < -0.39 is 12.6 Å². The fourth-order valence-corrected chi connectivity index (χ4v) is 4.03. The summed E-state index contributed by atoms with van der Waals surface area (Å²) < 4.78 is 36.9. The first-order valence-electron chi connectivity index (χ1n) is 9.52. The zero-order valence-corrected chi connectivity index (χ0v) is 16.8. The van der Waals surface area contributed by atoms with E-state index in [1.54, 1.807) is 4.90 Å².